The van der Waals surface area contributed by atoms with Gasteiger partial charge in [0.25, 0.3) is 5.91 Å². The van der Waals surface area contributed by atoms with Crippen LogP contribution in [0.5, 0.6) is 5.75 Å². The smallest absolute Gasteiger partial charge is 0.296 e. The zero-order chi connectivity index (χ0) is 24.4. The Hall–Kier alpha value is -4.23. The van der Waals surface area contributed by atoms with Crippen LogP contribution in [0.15, 0.2) is 96.3 Å². The molecule has 0 saturated heterocycles. The molecule has 0 aliphatic carbocycles. The lowest BCUT2D eigenvalue weighted by molar-refractivity contribution is -0.117. The minimum atomic E-state index is -0.802. The van der Waals surface area contributed by atoms with Crippen molar-refractivity contribution in [1.29, 1.82) is 0 Å². The highest BCUT2D eigenvalue weighted by molar-refractivity contribution is 7.22. The summed E-state index contributed by atoms with van der Waals surface area (Å²) in [5.41, 5.74) is 2.28. The predicted octanol–water partition coefficient (Wildman–Crippen LogP) is 5.88. The van der Waals surface area contributed by atoms with Gasteiger partial charge in [-0.25, -0.2) is 4.98 Å². The second-order valence-electron chi connectivity index (χ2n) is 7.92. The lowest BCUT2D eigenvalue weighted by Gasteiger charge is -2.24. The lowest BCUT2D eigenvalue weighted by Crippen LogP contribution is -2.30. The summed E-state index contributed by atoms with van der Waals surface area (Å²) in [6.45, 7) is 2.45. The number of thiazole rings is 1. The lowest BCUT2D eigenvalue weighted by atomic mass is 9.96. The summed E-state index contributed by atoms with van der Waals surface area (Å²) >= 11 is 1.31. The molecule has 5 rings (SSSR count). The number of nitrogens with zero attached hydrogens (tertiary/aromatic N) is 2. The van der Waals surface area contributed by atoms with Gasteiger partial charge in [0.2, 0.25) is 0 Å². The fourth-order valence-electron chi connectivity index (χ4n) is 4.08. The van der Waals surface area contributed by atoms with Gasteiger partial charge in [-0.2, -0.15) is 0 Å². The van der Waals surface area contributed by atoms with Gasteiger partial charge in [0.1, 0.15) is 5.75 Å². The maximum Gasteiger partial charge on any atom is 0.296 e. The van der Waals surface area contributed by atoms with Crippen molar-refractivity contribution in [3.05, 3.63) is 107 Å². The fourth-order valence-corrected chi connectivity index (χ4v) is 5.10. The maximum absolute atomic E-state index is 13.3. The normalized spacial score (nSPS) is 16.0. The highest BCUT2D eigenvalue weighted by Gasteiger charge is 2.45. The number of fused-ring (bicyclic) bond motifs is 1. The molecule has 2 heterocycles. The summed E-state index contributed by atoms with van der Waals surface area (Å²) in [5, 5.41) is 11.3. The van der Waals surface area contributed by atoms with E-state index in [1.807, 2.05) is 85.8 Å². The fraction of sp³-hybridized carbons (Fsp3) is 0.107. The molecular formula is C28H22N2O4S. The molecule has 7 heteroatoms. The Morgan fingerprint density at radius 3 is 2.51 bits per heavy atom. The Kier molecular flexibility index (Phi) is 6.16. The molecule has 1 aliphatic rings. The molecule has 1 unspecified atom stereocenters. The highest BCUT2D eigenvalue weighted by atomic mass is 32.1. The molecule has 1 aromatic heterocycles. The van der Waals surface area contributed by atoms with E-state index in [1.165, 1.54) is 22.3 Å². The Morgan fingerprint density at radius 2 is 1.80 bits per heavy atom. The summed E-state index contributed by atoms with van der Waals surface area (Å²) in [7, 11) is 0. The van der Waals surface area contributed by atoms with E-state index in [4.69, 9.17) is 4.74 Å². The van der Waals surface area contributed by atoms with Gasteiger partial charge in [0.15, 0.2) is 16.7 Å². The van der Waals surface area contributed by atoms with Gasteiger partial charge in [-0.05, 0) is 42.3 Å². The maximum atomic E-state index is 13.3. The Bertz CT molecular complexity index is 1460. The van der Waals surface area contributed by atoms with Crippen LogP contribution < -0.4 is 9.64 Å². The molecule has 0 saturated carbocycles. The summed E-state index contributed by atoms with van der Waals surface area (Å²) < 4.78 is 6.43. The van der Waals surface area contributed by atoms with Gasteiger partial charge >= 0.3 is 0 Å². The van der Waals surface area contributed by atoms with Gasteiger partial charge in [-0.15, -0.1) is 0 Å². The summed E-state index contributed by atoms with van der Waals surface area (Å²) in [5.74, 6) is -0.934. The van der Waals surface area contributed by atoms with Gasteiger partial charge < -0.3 is 9.84 Å². The molecule has 1 N–H and O–H groups in total. The van der Waals surface area contributed by atoms with Crippen molar-refractivity contribution in [1.82, 2.24) is 4.98 Å². The summed E-state index contributed by atoms with van der Waals surface area (Å²) in [6.07, 6.45) is 3.06. The second kappa shape index (κ2) is 9.56. The third kappa shape index (κ3) is 4.34. The van der Waals surface area contributed by atoms with Crippen LogP contribution in [-0.2, 0) is 9.59 Å². The van der Waals surface area contributed by atoms with Gasteiger partial charge in [-0.3, -0.25) is 14.5 Å². The monoisotopic (exact) mass is 482 g/mol. The minimum absolute atomic E-state index is 0.0302. The Balaban J connectivity index is 1.57. The quantitative estimate of drug-likeness (QED) is 0.333. The number of aliphatic hydroxyl groups excluding tert-OH is 1. The number of ketones is 1. The van der Waals surface area contributed by atoms with E-state index in [-0.39, 0.29) is 5.57 Å². The largest absolute Gasteiger partial charge is 0.503 e. The molecule has 35 heavy (non-hydrogen) atoms. The van der Waals surface area contributed by atoms with E-state index in [1.54, 1.807) is 6.08 Å². The van der Waals surface area contributed by atoms with Crippen molar-refractivity contribution in [3.63, 3.8) is 0 Å². The van der Waals surface area contributed by atoms with Crippen LogP contribution >= 0.6 is 11.3 Å². The number of carbonyl (C=O) groups is 2. The van der Waals surface area contributed by atoms with E-state index < -0.39 is 23.5 Å². The standard InChI is InChI=1S/C28H22N2O4S/c1-2-34-20-14-15-21-23(17-20)35-28(29-21)30-25(19-11-7-4-8-12-19)24(26(32)27(30)33)22(31)16-13-18-9-5-3-6-10-18/h3-17,25,32H,2H2,1H3/b16-13+. The number of aliphatic hydroxyl groups is 1. The highest BCUT2D eigenvalue weighted by Crippen LogP contribution is 2.43. The van der Waals surface area contributed by atoms with E-state index in [0.717, 1.165) is 10.3 Å². The number of carbonyl (C=O) groups excluding carboxylic acids is 2. The average Bonchev–Trinajstić information content (AvgIpc) is 3.42. The molecule has 0 bridgehead atoms. The first-order chi connectivity index (χ1) is 17.1. The Labute approximate surface area is 206 Å². The van der Waals surface area contributed by atoms with Crippen molar-refractivity contribution in [2.75, 3.05) is 11.5 Å². The van der Waals surface area contributed by atoms with Crippen molar-refractivity contribution < 1.29 is 19.4 Å². The number of benzene rings is 3. The summed E-state index contributed by atoms with van der Waals surface area (Å²) in [6, 6.07) is 23.3. The van der Waals surface area contributed by atoms with Gasteiger partial charge in [0, 0.05) is 0 Å². The van der Waals surface area contributed by atoms with Crippen molar-refractivity contribution in [2.24, 2.45) is 0 Å². The van der Waals surface area contributed by atoms with Crippen LogP contribution in [-0.4, -0.2) is 28.4 Å². The molecule has 1 atom stereocenters. The molecule has 4 aromatic rings. The van der Waals surface area contributed by atoms with Crippen LogP contribution in [0.4, 0.5) is 5.13 Å². The third-order valence-electron chi connectivity index (χ3n) is 5.68. The molecule has 1 amide bonds. The van der Waals surface area contributed by atoms with Crippen LogP contribution in [0.1, 0.15) is 24.1 Å². The first kappa shape index (κ1) is 22.6. The van der Waals surface area contributed by atoms with Gasteiger partial charge in [0.05, 0.1) is 28.4 Å². The number of hydrogen-bond acceptors (Lipinski definition) is 6. The van der Waals surface area contributed by atoms with Crippen molar-refractivity contribution in [2.45, 2.75) is 13.0 Å². The van der Waals surface area contributed by atoms with Crippen LogP contribution in [0.3, 0.4) is 0 Å². The SMILES string of the molecule is CCOc1ccc2nc(N3C(=O)C(O)=C(C(=O)/C=C/c4ccccc4)C3c3ccccc3)sc2c1. The predicted molar refractivity (Wildman–Crippen MR) is 138 cm³/mol. The van der Waals surface area contributed by atoms with Crippen LogP contribution in [0.25, 0.3) is 16.3 Å². The van der Waals surface area contributed by atoms with Crippen LogP contribution in [0, 0.1) is 0 Å². The molecule has 6 nitrogen and oxygen atoms in total. The van der Waals surface area contributed by atoms with E-state index in [9.17, 15) is 14.7 Å². The van der Waals surface area contributed by atoms with E-state index in [2.05, 4.69) is 4.98 Å². The summed E-state index contributed by atoms with van der Waals surface area (Å²) in [4.78, 5) is 32.7. The van der Waals surface area contributed by atoms with E-state index in [0.29, 0.717) is 28.6 Å². The van der Waals surface area contributed by atoms with E-state index >= 15 is 0 Å². The number of allylic oxidation sites excluding steroid dienone is 1. The second-order valence-corrected chi connectivity index (χ2v) is 8.93. The first-order valence-electron chi connectivity index (χ1n) is 11.2. The number of hydrogen-bond donors (Lipinski definition) is 1. The zero-order valence-corrected chi connectivity index (χ0v) is 19.7. The molecule has 0 fully saturated rings. The molecular weight excluding hydrogens is 460 g/mol. The number of anilines is 1. The van der Waals surface area contributed by atoms with Crippen molar-refractivity contribution in [3.8, 4) is 5.75 Å². The third-order valence-corrected chi connectivity index (χ3v) is 6.70. The van der Waals surface area contributed by atoms with Crippen LogP contribution in [0.2, 0.25) is 0 Å². The first-order valence-corrected chi connectivity index (χ1v) is 12.0. The average molecular weight is 483 g/mol. The zero-order valence-electron chi connectivity index (χ0n) is 18.9. The Morgan fingerprint density at radius 1 is 1.09 bits per heavy atom. The molecule has 174 valence electrons. The molecule has 3 aromatic carbocycles. The number of amides is 1. The minimum Gasteiger partial charge on any atom is -0.503 e. The molecule has 0 spiro atoms. The topological polar surface area (TPSA) is 79.7 Å². The molecule has 0 radical (unpaired) electrons. The number of aromatic nitrogens is 1. The van der Waals surface area contributed by atoms with Gasteiger partial charge in [-0.1, -0.05) is 78.1 Å². The number of rotatable bonds is 7. The molecule has 1 aliphatic heterocycles. The number of ether oxygens (including phenoxy) is 1. The van der Waals surface area contributed by atoms with Crippen molar-refractivity contribution >= 4 is 44.5 Å².